The molecule has 6 heteroatoms. The molecule has 0 spiro atoms. The number of carboxylic acid groups (broad SMARTS) is 1. The number of nitrogens with one attached hydrogen (secondary N) is 1. The molecule has 1 atom stereocenters. The molecule has 4 rings (SSSR count). The summed E-state index contributed by atoms with van der Waals surface area (Å²) in [5.74, 6) is 0.719. The van der Waals surface area contributed by atoms with E-state index in [2.05, 4.69) is 35.0 Å². The number of amides is 2. The molecular formula is C23H31N3O3. The van der Waals surface area contributed by atoms with Crippen molar-refractivity contribution in [2.24, 2.45) is 11.8 Å². The van der Waals surface area contributed by atoms with Crippen LogP contribution in [-0.4, -0.2) is 52.0 Å². The predicted octanol–water partition coefficient (Wildman–Crippen LogP) is 4.42. The summed E-state index contributed by atoms with van der Waals surface area (Å²) in [6.07, 6.45) is 4.51. The molecule has 29 heavy (non-hydrogen) atoms. The monoisotopic (exact) mass is 397 g/mol. The maximum Gasteiger partial charge on any atom is 0.407 e. The second-order valence-electron chi connectivity index (χ2n) is 8.65. The van der Waals surface area contributed by atoms with Crippen molar-refractivity contribution in [1.82, 2.24) is 14.8 Å². The van der Waals surface area contributed by atoms with Crippen LogP contribution in [0.15, 0.2) is 24.3 Å². The Kier molecular flexibility index (Phi) is 5.52. The highest BCUT2D eigenvalue weighted by atomic mass is 16.4. The van der Waals surface area contributed by atoms with Gasteiger partial charge in [-0.05, 0) is 56.1 Å². The van der Waals surface area contributed by atoms with Crippen molar-refractivity contribution in [2.45, 2.75) is 51.5 Å². The highest BCUT2D eigenvalue weighted by Gasteiger charge is 2.36. The van der Waals surface area contributed by atoms with Crippen molar-refractivity contribution >= 4 is 22.9 Å². The maximum atomic E-state index is 13.4. The summed E-state index contributed by atoms with van der Waals surface area (Å²) in [6.45, 7) is 3.51. The lowest BCUT2D eigenvalue weighted by Crippen LogP contribution is -2.44. The van der Waals surface area contributed by atoms with Crippen molar-refractivity contribution < 1.29 is 14.7 Å². The van der Waals surface area contributed by atoms with Gasteiger partial charge in [0, 0.05) is 42.7 Å². The molecule has 2 aliphatic rings. The van der Waals surface area contributed by atoms with Gasteiger partial charge in [-0.25, -0.2) is 4.79 Å². The number of carbonyl (C=O) groups is 2. The fraction of sp³-hybridized carbons (Fsp3) is 0.565. The molecule has 2 N–H and O–H groups in total. The lowest BCUT2D eigenvalue weighted by Gasteiger charge is -2.39. The Balaban J connectivity index is 1.45. The number of carbonyl (C=O) groups excluding carboxylic acids is 1. The van der Waals surface area contributed by atoms with Crippen LogP contribution in [-0.2, 0) is 11.2 Å². The average molecular weight is 398 g/mol. The molecule has 0 saturated heterocycles. The lowest BCUT2D eigenvalue weighted by atomic mass is 9.80. The minimum Gasteiger partial charge on any atom is -0.465 e. The third-order valence-corrected chi connectivity index (χ3v) is 6.88. The SMILES string of the molecule is CCC1c2[nH]c3ccccc3c2CCN1C(=O)[C@H]1CC[C@H](CN(C)C(=O)O)CC1. The number of hydrogen-bond donors (Lipinski definition) is 2. The van der Waals surface area contributed by atoms with Gasteiger partial charge >= 0.3 is 6.09 Å². The number of aromatic nitrogens is 1. The predicted molar refractivity (Wildman–Crippen MR) is 113 cm³/mol. The van der Waals surface area contributed by atoms with Crippen LogP contribution in [0.25, 0.3) is 10.9 Å². The number of para-hydroxylation sites is 1. The molecule has 0 bridgehead atoms. The van der Waals surface area contributed by atoms with Gasteiger partial charge in [0.25, 0.3) is 0 Å². The molecule has 2 amide bonds. The first-order valence-corrected chi connectivity index (χ1v) is 10.8. The Bertz CT molecular complexity index is 898. The molecule has 1 saturated carbocycles. The van der Waals surface area contributed by atoms with Crippen LogP contribution in [0.5, 0.6) is 0 Å². The zero-order chi connectivity index (χ0) is 20.5. The minimum atomic E-state index is -0.878. The van der Waals surface area contributed by atoms with Gasteiger partial charge in [-0.2, -0.15) is 0 Å². The number of benzene rings is 1. The van der Waals surface area contributed by atoms with Crippen LogP contribution in [0.2, 0.25) is 0 Å². The van der Waals surface area contributed by atoms with E-state index in [4.69, 9.17) is 5.11 Å². The van der Waals surface area contributed by atoms with Crippen LogP contribution < -0.4 is 0 Å². The van der Waals surface area contributed by atoms with E-state index in [1.807, 2.05) is 6.07 Å². The van der Waals surface area contributed by atoms with Crippen molar-refractivity contribution in [3.8, 4) is 0 Å². The highest BCUT2D eigenvalue weighted by Crippen LogP contribution is 2.39. The molecule has 1 fully saturated rings. The Morgan fingerprint density at radius 1 is 1.21 bits per heavy atom. The molecule has 2 heterocycles. The molecule has 1 aromatic heterocycles. The van der Waals surface area contributed by atoms with Crippen LogP contribution in [0.3, 0.4) is 0 Å². The summed E-state index contributed by atoms with van der Waals surface area (Å²) >= 11 is 0. The first-order chi connectivity index (χ1) is 14.0. The molecule has 2 aromatic rings. The second-order valence-corrected chi connectivity index (χ2v) is 8.65. The van der Waals surface area contributed by atoms with Gasteiger partial charge in [0.1, 0.15) is 0 Å². The summed E-state index contributed by atoms with van der Waals surface area (Å²) in [5, 5.41) is 10.4. The number of H-pyrrole nitrogens is 1. The van der Waals surface area contributed by atoms with E-state index in [0.717, 1.165) is 50.6 Å². The van der Waals surface area contributed by atoms with Crippen molar-refractivity contribution in [2.75, 3.05) is 20.1 Å². The van der Waals surface area contributed by atoms with Crippen LogP contribution in [0, 0.1) is 11.8 Å². The van der Waals surface area contributed by atoms with Gasteiger partial charge in [0.05, 0.1) is 6.04 Å². The van der Waals surface area contributed by atoms with Crippen LogP contribution >= 0.6 is 0 Å². The van der Waals surface area contributed by atoms with E-state index in [9.17, 15) is 9.59 Å². The summed E-state index contributed by atoms with van der Waals surface area (Å²) in [6, 6.07) is 8.53. The maximum absolute atomic E-state index is 13.4. The fourth-order valence-corrected chi connectivity index (χ4v) is 5.30. The zero-order valence-electron chi connectivity index (χ0n) is 17.4. The molecule has 1 aromatic carbocycles. The normalized spacial score (nSPS) is 24.3. The first kappa shape index (κ1) is 19.8. The topological polar surface area (TPSA) is 76.6 Å². The highest BCUT2D eigenvalue weighted by molar-refractivity contribution is 5.86. The van der Waals surface area contributed by atoms with Crippen LogP contribution in [0.4, 0.5) is 4.79 Å². The molecule has 156 valence electrons. The van der Waals surface area contributed by atoms with Crippen molar-refractivity contribution in [3.63, 3.8) is 0 Å². The molecule has 0 radical (unpaired) electrons. The lowest BCUT2D eigenvalue weighted by molar-refractivity contribution is -0.140. The quantitative estimate of drug-likeness (QED) is 0.802. The van der Waals surface area contributed by atoms with Gasteiger partial charge in [-0.3, -0.25) is 4.79 Å². The molecule has 1 unspecified atom stereocenters. The van der Waals surface area contributed by atoms with E-state index in [0.29, 0.717) is 12.5 Å². The van der Waals surface area contributed by atoms with E-state index in [1.165, 1.54) is 21.5 Å². The smallest absolute Gasteiger partial charge is 0.407 e. The largest absolute Gasteiger partial charge is 0.465 e. The summed E-state index contributed by atoms with van der Waals surface area (Å²) in [7, 11) is 1.62. The van der Waals surface area contributed by atoms with E-state index >= 15 is 0 Å². The second kappa shape index (κ2) is 8.09. The van der Waals surface area contributed by atoms with Crippen molar-refractivity contribution in [3.05, 3.63) is 35.5 Å². The number of nitrogens with zero attached hydrogens (tertiary/aromatic N) is 2. The third kappa shape index (κ3) is 3.72. The minimum absolute atomic E-state index is 0.0707. The Morgan fingerprint density at radius 3 is 2.62 bits per heavy atom. The molecule has 1 aliphatic heterocycles. The first-order valence-electron chi connectivity index (χ1n) is 10.8. The summed E-state index contributed by atoms with van der Waals surface area (Å²) in [5.41, 5.74) is 3.75. The number of hydrogen-bond acceptors (Lipinski definition) is 2. The summed E-state index contributed by atoms with van der Waals surface area (Å²) in [4.78, 5) is 31.5. The average Bonchev–Trinajstić information content (AvgIpc) is 3.11. The Hall–Kier alpha value is -2.50. The third-order valence-electron chi connectivity index (χ3n) is 6.88. The van der Waals surface area contributed by atoms with Crippen LogP contribution in [0.1, 0.15) is 56.3 Å². The van der Waals surface area contributed by atoms with E-state index < -0.39 is 6.09 Å². The Morgan fingerprint density at radius 2 is 1.93 bits per heavy atom. The molecule has 1 aliphatic carbocycles. The standard InChI is InChI=1S/C23H31N3O3/c1-3-20-21-18(17-6-4-5-7-19(17)24-21)12-13-26(20)22(27)16-10-8-15(9-11-16)14-25(2)23(28)29/h4-7,15-16,20,24H,3,8-14H2,1-2H3,(H,28,29)/t15-,16-,20?. The van der Waals surface area contributed by atoms with Gasteiger partial charge in [0.2, 0.25) is 5.91 Å². The summed E-state index contributed by atoms with van der Waals surface area (Å²) < 4.78 is 0. The van der Waals surface area contributed by atoms with Gasteiger partial charge < -0.3 is 19.9 Å². The van der Waals surface area contributed by atoms with Crippen molar-refractivity contribution in [1.29, 1.82) is 0 Å². The Labute approximate surface area is 171 Å². The molecular weight excluding hydrogens is 366 g/mol. The number of rotatable bonds is 4. The number of fused-ring (bicyclic) bond motifs is 3. The van der Waals surface area contributed by atoms with E-state index in [1.54, 1.807) is 7.05 Å². The van der Waals surface area contributed by atoms with Gasteiger partial charge in [0.15, 0.2) is 0 Å². The van der Waals surface area contributed by atoms with Gasteiger partial charge in [-0.1, -0.05) is 25.1 Å². The van der Waals surface area contributed by atoms with E-state index in [-0.39, 0.29) is 17.9 Å². The molecule has 6 nitrogen and oxygen atoms in total. The zero-order valence-corrected chi connectivity index (χ0v) is 17.4. The fourth-order valence-electron chi connectivity index (χ4n) is 5.30. The number of aromatic amines is 1. The van der Waals surface area contributed by atoms with Gasteiger partial charge in [-0.15, -0.1) is 0 Å².